The number of rotatable bonds is 9. The molecular weight excluding hydrogens is 298 g/mol. The summed E-state index contributed by atoms with van der Waals surface area (Å²) in [5, 5.41) is 6.79. The zero-order valence-electron chi connectivity index (χ0n) is 16.3. The summed E-state index contributed by atoms with van der Waals surface area (Å²) in [6.45, 7) is 14.0. The SMILES string of the molecule is CN=C(NCCCN(C(C)C)C(C)C)NCCc1ccncc1C. The molecule has 0 aliphatic carbocycles. The third kappa shape index (κ3) is 7.30. The number of aliphatic imine (C=N–C) groups is 1. The van der Waals surface area contributed by atoms with Gasteiger partial charge in [-0.1, -0.05) is 0 Å². The van der Waals surface area contributed by atoms with Crippen molar-refractivity contribution >= 4 is 5.96 Å². The molecule has 0 aromatic carbocycles. The van der Waals surface area contributed by atoms with Crippen LogP contribution in [0.25, 0.3) is 0 Å². The summed E-state index contributed by atoms with van der Waals surface area (Å²) in [6.07, 6.45) is 5.85. The van der Waals surface area contributed by atoms with Crippen LogP contribution in [0.2, 0.25) is 0 Å². The predicted octanol–water partition coefficient (Wildman–Crippen LogP) is 2.61. The molecule has 2 N–H and O–H groups in total. The van der Waals surface area contributed by atoms with Crippen molar-refractivity contribution in [1.82, 2.24) is 20.5 Å². The Morgan fingerprint density at radius 2 is 1.83 bits per heavy atom. The molecule has 24 heavy (non-hydrogen) atoms. The third-order valence-corrected chi connectivity index (χ3v) is 4.26. The number of aryl methyl sites for hydroxylation is 1. The zero-order chi connectivity index (χ0) is 17.9. The number of hydrogen-bond donors (Lipinski definition) is 2. The maximum absolute atomic E-state index is 4.30. The summed E-state index contributed by atoms with van der Waals surface area (Å²) in [4.78, 5) is 10.9. The first-order valence-electron chi connectivity index (χ1n) is 9.05. The number of hydrogen-bond acceptors (Lipinski definition) is 3. The van der Waals surface area contributed by atoms with Crippen LogP contribution in [0, 0.1) is 6.92 Å². The van der Waals surface area contributed by atoms with Gasteiger partial charge in [0.25, 0.3) is 0 Å². The number of nitrogens with zero attached hydrogens (tertiary/aromatic N) is 3. The van der Waals surface area contributed by atoms with Gasteiger partial charge in [-0.2, -0.15) is 0 Å². The summed E-state index contributed by atoms with van der Waals surface area (Å²) in [6, 6.07) is 3.26. The summed E-state index contributed by atoms with van der Waals surface area (Å²) >= 11 is 0. The van der Waals surface area contributed by atoms with Crippen LogP contribution in [-0.2, 0) is 6.42 Å². The molecule has 0 bridgehead atoms. The van der Waals surface area contributed by atoms with Gasteiger partial charge in [0.2, 0.25) is 0 Å². The van der Waals surface area contributed by atoms with E-state index in [2.05, 4.69) is 66.2 Å². The molecule has 0 atom stereocenters. The maximum Gasteiger partial charge on any atom is 0.190 e. The van der Waals surface area contributed by atoms with E-state index < -0.39 is 0 Å². The van der Waals surface area contributed by atoms with Crippen LogP contribution in [0.5, 0.6) is 0 Å². The van der Waals surface area contributed by atoms with Gasteiger partial charge in [-0.05, 0) is 64.7 Å². The minimum atomic E-state index is 0.589. The Balaban J connectivity index is 2.27. The second kappa shape index (κ2) is 11.0. The lowest BCUT2D eigenvalue weighted by atomic mass is 10.1. The molecule has 5 heteroatoms. The standard InChI is InChI=1S/C19H35N5/c1-15(2)24(16(3)4)13-7-10-22-19(20-6)23-12-9-18-8-11-21-14-17(18)5/h8,11,14-16H,7,9-10,12-13H2,1-6H3,(H2,20,22,23). The summed E-state index contributed by atoms with van der Waals surface area (Å²) in [5.41, 5.74) is 2.57. The Kier molecular flexibility index (Phi) is 9.38. The molecule has 1 aromatic rings. The van der Waals surface area contributed by atoms with E-state index in [4.69, 9.17) is 0 Å². The molecule has 1 heterocycles. The highest BCUT2D eigenvalue weighted by molar-refractivity contribution is 5.79. The van der Waals surface area contributed by atoms with Crippen molar-refractivity contribution in [3.63, 3.8) is 0 Å². The van der Waals surface area contributed by atoms with Crippen LogP contribution in [0.3, 0.4) is 0 Å². The lowest BCUT2D eigenvalue weighted by molar-refractivity contribution is 0.173. The van der Waals surface area contributed by atoms with Crippen molar-refractivity contribution < 1.29 is 0 Å². The molecule has 0 unspecified atom stereocenters. The van der Waals surface area contributed by atoms with E-state index in [1.165, 1.54) is 11.1 Å². The molecule has 0 radical (unpaired) electrons. The lowest BCUT2D eigenvalue weighted by Gasteiger charge is -2.30. The topological polar surface area (TPSA) is 52.6 Å². The second-order valence-electron chi connectivity index (χ2n) is 6.76. The van der Waals surface area contributed by atoms with Gasteiger partial charge in [-0.25, -0.2) is 0 Å². The van der Waals surface area contributed by atoms with Crippen LogP contribution >= 0.6 is 0 Å². The number of aromatic nitrogens is 1. The first-order chi connectivity index (χ1) is 11.5. The van der Waals surface area contributed by atoms with E-state index >= 15 is 0 Å². The number of pyridine rings is 1. The third-order valence-electron chi connectivity index (χ3n) is 4.26. The van der Waals surface area contributed by atoms with E-state index in [9.17, 15) is 0 Å². The van der Waals surface area contributed by atoms with Gasteiger partial charge >= 0.3 is 0 Å². The van der Waals surface area contributed by atoms with Crippen LogP contribution < -0.4 is 10.6 Å². The van der Waals surface area contributed by atoms with E-state index in [1.54, 1.807) is 0 Å². The van der Waals surface area contributed by atoms with Gasteiger partial charge < -0.3 is 10.6 Å². The Bertz CT molecular complexity index is 488. The molecule has 0 aliphatic heterocycles. The normalized spacial score (nSPS) is 12.3. The Hall–Kier alpha value is -1.62. The van der Waals surface area contributed by atoms with Gasteiger partial charge in [0.15, 0.2) is 5.96 Å². The summed E-state index contributed by atoms with van der Waals surface area (Å²) in [7, 11) is 1.82. The van der Waals surface area contributed by atoms with Crippen LogP contribution in [0.4, 0.5) is 0 Å². The van der Waals surface area contributed by atoms with E-state index in [0.29, 0.717) is 12.1 Å². The molecule has 0 amide bonds. The molecule has 0 aliphatic rings. The smallest absolute Gasteiger partial charge is 0.190 e. The Morgan fingerprint density at radius 3 is 2.42 bits per heavy atom. The van der Waals surface area contributed by atoms with Gasteiger partial charge in [0, 0.05) is 51.2 Å². The molecule has 0 saturated carbocycles. The van der Waals surface area contributed by atoms with E-state index in [0.717, 1.165) is 38.4 Å². The van der Waals surface area contributed by atoms with Gasteiger partial charge in [0.1, 0.15) is 0 Å². The summed E-state index contributed by atoms with van der Waals surface area (Å²) < 4.78 is 0. The van der Waals surface area contributed by atoms with Crippen molar-refractivity contribution in [2.75, 3.05) is 26.7 Å². The minimum absolute atomic E-state index is 0.589. The molecule has 0 spiro atoms. The average molecular weight is 334 g/mol. The maximum atomic E-state index is 4.30. The Labute approximate surface area is 148 Å². The zero-order valence-corrected chi connectivity index (χ0v) is 16.3. The van der Waals surface area contributed by atoms with Crippen LogP contribution in [-0.4, -0.2) is 54.6 Å². The molecule has 1 rings (SSSR count). The van der Waals surface area contributed by atoms with Crippen LogP contribution in [0.15, 0.2) is 23.5 Å². The predicted molar refractivity (Wildman–Crippen MR) is 104 cm³/mol. The number of nitrogens with one attached hydrogen (secondary N) is 2. The molecular formula is C19H35N5. The number of guanidine groups is 1. The highest BCUT2D eigenvalue weighted by Gasteiger charge is 2.12. The second-order valence-corrected chi connectivity index (χ2v) is 6.76. The molecule has 136 valence electrons. The fourth-order valence-electron chi connectivity index (χ4n) is 2.90. The minimum Gasteiger partial charge on any atom is -0.356 e. The molecule has 0 saturated heterocycles. The highest BCUT2D eigenvalue weighted by atomic mass is 15.2. The van der Waals surface area contributed by atoms with Crippen molar-refractivity contribution in [3.05, 3.63) is 29.6 Å². The largest absolute Gasteiger partial charge is 0.356 e. The Morgan fingerprint density at radius 1 is 1.17 bits per heavy atom. The van der Waals surface area contributed by atoms with Crippen molar-refractivity contribution in [2.45, 2.75) is 59.5 Å². The lowest BCUT2D eigenvalue weighted by Crippen LogP contribution is -2.41. The first kappa shape index (κ1) is 20.4. The average Bonchev–Trinajstić information content (AvgIpc) is 2.53. The first-order valence-corrected chi connectivity index (χ1v) is 9.05. The quantitative estimate of drug-likeness (QED) is 0.414. The monoisotopic (exact) mass is 333 g/mol. The highest BCUT2D eigenvalue weighted by Crippen LogP contribution is 2.06. The van der Waals surface area contributed by atoms with Crippen molar-refractivity contribution in [3.8, 4) is 0 Å². The van der Waals surface area contributed by atoms with Crippen molar-refractivity contribution in [2.24, 2.45) is 4.99 Å². The summed E-state index contributed by atoms with van der Waals surface area (Å²) in [5.74, 6) is 0.877. The molecule has 0 fully saturated rings. The van der Waals surface area contributed by atoms with Crippen molar-refractivity contribution in [1.29, 1.82) is 0 Å². The van der Waals surface area contributed by atoms with Gasteiger partial charge in [-0.3, -0.25) is 14.9 Å². The molecule has 1 aromatic heterocycles. The van der Waals surface area contributed by atoms with E-state index in [1.807, 2.05) is 19.4 Å². The fraction of sp³-hybridized carbons (Fsp3) is 0.684. The fourth-order valence-corrected chi connectivity index (χ4v) is 2.90. The van der Waals surface area contributed by atoms with E-state index in [-0.39, 0.29) is 0 Å². The molecule has 5 nitrogen and oxygen atoms in total. The van der Waals surface area contributed by atoms with Crippen LogP contribution in [0.1, 0.15) is 45.2 Å². The van der Waals surface area contributed by atoms with Gasteiger partial charge in [-0.15, -0.1) is 0 Å². The van der Waals surface area contributed by atoms with Gasteiger partial charge in [0.05, 0.1) is 0 Å².